The van der Waals surface area contributed by atoms with Crippen molar-refractivity contribution >= 4 is 17.6 Å². The first-order valence-electron chi connectivity index (χ1n) is 5.78. The minimum atomic E-state index is -0.630. The standard InChI is InChI=1S/C14H12ClNO3/c1-2-19-14(18)12-11(7-8-16-13(12)17)9-3-5-10(15)6-4-9/h3-8H,2H2,1H3,(H,16,17). The second kappa shape index (κ2) is 5.71. The Morgan fingerprint density at radius 2 is 1.95 bits per heavy atom. The Hall–Kier alpha value is -2.07. The van der Waals surface area contributed by atoms with Crippen molar-refractivity contribution in [3.05, 3.63) is 57.5 Å². The van der Waals surface area contributed by atoms with Crippen LogP contribution in [0.25, 0.3) is 11.1 Å². The Morgan fingerprint density at radius 3 is 2.58 bits per heavy atom. The molecule has 0 saturated heterocycles. The number of carbonyl (C=O) groups excluding carboxylic acids is 1. The molecule has 1 aromatic heterocycles. The molecule has 98 valence electrons. The zero-order chi connectivity index (χ0) is 13.8. The second-order valence-electron chi connectivity index (χ2n) is 3.82. The highest BCUT2D eigenvalue weighted by atomic mass is 35.5. The van der Waals surface area contributed by atoms with Gasteiger partial charge in [0.25, 0.3) is 5.56 Å². The van der Waals surface area contributed by atoms with Crippen molar-refractivity contribution < 1.29 is 9.53 Å². The summed E-state index contributed by atoms with van der Waals surface area (Å²) in [5, 5.41) is 0.589. The van der Waals surface area contributed by atoms with E-state index in [1.807, 2.05) is 0 Å². The van der Waals surface area contributed by atoms with Gasteiger partial charge >= 0.3 is 5.97 Å². The normalized spacial score (nSPS) is 10.2. The van der Waals surface area contributed by atoms with Crippen LogP contribution in [-0.2, 0) is 4.74 Å². The molecule has 4 nitrogen and oxygen atoms in total. The van der Waals surface area contributed by atoms with Crippen LogP contribution in [0.2, 0.25) is 5.02 Å². The van der Waals surface area contributed by atoms with Crippen molar-refractivity contribution in [3.8, 4) is 11.1 Å². The third kappa shape index (κ3) is 2.85. The molecule has 0 bridgehead atoms. The highest BCUT2D eigenvalue weighted by molar-refractivity contribution is 6.30. The zero-order valence-corrected chi connectivity index (χ0v) is 11.0. The molecule has 1 heterocycles. The smallest absolute Gasteiger partial charge is 0.344 e. The number of halogens is 1. The van der Waals surface area contributed by atoms with Crippen LogP contribution < -0.4 is 5.56 Å². The van der Waals surface area contributed by atoms with Gasteiger partial charge in [0.15, 0.2) is 0 Å². The van der Waals surface area contributed by atoms with Crippen molar-refractivity contribution in [1.82, 2.24) is 4.98 Å². The fraction of sp³-hybridized carbons (Fsp3) is 0.143. The van der Waals surface area contributed by atoms with E-state index in [0.717, 1.165) is 5.56 Å². The topological polar surface area (TPSA) is 59.2 Å². The third-order valence-electron chi connectivity index (χ3n) is 2.60. The number of hydrogen-bond acceptors (Lipinski definition) is 3. The van der Waals surface area contributed by atoms with Crippen LogP contribution in [0, 0.1) is 0 Å². The molecule has 1 aromatic carbocycles. The van der Waals surface area contributed by atoms with E-state index in [-0.39, 0.29) is 12.2 Å². The average molecular weight is 278 g/mol. The van der Waals surface area contributed by atoms with Gasteiger partial charge in [0.2, 0.25) is 0 Å². The third-order valence-corrected chi connectivity index (χ3v) is 2.85. The van der Waals surface area contributed by atoms with Gasteiger partial charge in [-0.15, -0.1) is 0 Å². The molecule has 0 radical (unpaired) electrons. The summed E-state index contributed by atoms with van der Waals surface area (Å²) >= 11 is 5.82. The van der Waals surface area contributed by atoms with Crippen molar-refractivity contribution in [3.63, 3.8) is 0 Å². The first-order valence-corrected chi connectivity index (χ1v) is 6.16. The number of ether oxygens (including phenoxy) is 1. The first-order chi connectivity index (χ1) is 9.13. The Labute approximate surface area is 115 Å². The Bertz CT molecular complexity index is 646. The number of rotatable bonds is 3. The maximum atomic E-state index is 11.9. The maximum absolute atomic E-state index is 11.9. The van der Waals surface area contributed by atoms with Gasteiger partial charge in [-0.3, -0.25) is 4.79 Å². The van der Waals surface area contributed by atoms with Crippen LogP contribution >= 0.6 is 11.6 Å². The Balaban J connectivity index is 2.57. The molecule has 0 amide bonds. The van der Waals surface area contributed by atoms with Gasteiger partial charge in [0.05, 0.1) is 6.61 Å². The number of pyridine rings is 1. The molecule has 19 heavy (non-hydrogen) atoms. The van der Waals surface area contributed by atoms with E-state index in [1.165, 1.54) is 6.20 Å². The fourth-order valence-electron chi connectivity index (χ4n) is 1.75. The largest absolute Gasteiger partial charge is 0.462 e. The van der Waals surface area contributed by atoms with Crippen LogP contribution in [0.3, 0.4) is 0 Å². The SMILES string of the molecule is CCOC(=O)c1c(-c2ccc(Cl)cc2)cc[nH]c1=O. The molecule has 0 atom stereocenters. The van der Waals surface area contributed by atoms with Gasteiger partial charge in [-0.1, -0.05) is 23.7 Å². The van der Waals surface area contributed by atoms with Gasteiger partial charge in [0.1, 0.15) is 5.56 Å². The molecular formula is C14H12ClNO3. The van der Waals surface area contributed by atoms with Crippen LogP contribution in [-0.4, -0.2) is 17.6 Å². The van der Waals surface area contributed by atoms with Crippen molar-refractivity contribution in [1.29, 1.82) is 0 Å². The molecule has 0 saturated carbocycles. The monoisotopic (exact) mass is 277 g/mol. The van der Waals surface area contributed by atoms with E-state index in [0.29, 0.717) is 10.6 Å². The Morgan fingerprint density at radius 1 is 1.26 bits per heavy atom. The summed E-state index contributed by atoms with van der Waals surface area (Å²) in [5.74, 6) is -0.630. The fourth-order valence-corrected chi connectivity index (χ4v) is 1.88. The number of aromatic nitrogens is 1. The molecule has 5 heteroatoms. The van der Waals surface area contributed by atoms with E-state index in [2.05, 4.69) is 4.98 Å². The minimum absolute atomic E-state index is 0.00618. The average Bonchev–Trinajstić information content (AvgIpc) is 2.39. The molecule has 2 aromatic rings. The van der Waals surface area contributed by atoms with Crippen LogP contribution in [0.4, 0.5) is 0 Å². The summed E-state index contributed by atoms with van der Waals surface area (Å²) in [4.78, 5) is 26.2. The lowest BCUT2D eigenvalue weighted by atomic mass is 10.0. The number of benzene rings is 1. The van der Waals surface area contributed by atoms with E-state index < -0.39 is 11.5 Å². The van der Waals surface area contributed by atoms with Gasteiger partial charge in [-0.25, -0.2) is 4.79 Å². The van der Waals surface area contributed by atoms with E-state index in [9.17, 15) is 9.59 Å². The molecule has 0 aliphatic carbocycles. The van der Waals surface area contributed by atoms with Crippen LogP contribution in [0.15, 0.2) is 41.3 Å². The molecular weight excluding hydrogens is 266 g/mol. The lowest BCUT2D eigenvalue weighted by molar-refractivity contribution is 0.0525. The van der Waals surface area contributed by atoms with E-state index >= 15 is 0 Å². The number of aromatic amines is 1. The molecule has 0 unspecified atom stereocenters. The quantitative estimate of drug-likeness (QED) is 0.878. The minimum Gasteiger partial charge on any atom is -0.462 e. The molecule has 1 N–H and O–H groups in total. The summed E-state index contributed by atoms with van der Waals surface area (Å²) in [7, 11) is 0. The maximum Gasteiger partial charge on any atom is 0.344 e. The van der Waals surface area contributed by atoms with Gasteiger partial charge in [-0.05, 0) is 30.7 Å². The van der Waals surface area contributed by atoms with Gasteiger partial charge < -0.3 is 9.72 Å². The Kier molecular flexibility index (Phi) is 4.02. The van der Waals surface area contributed by atoms with Crippen LogP contribution in [0.5, 0.6) is 0 Å². The highest BCUT2D eigenvalue weighted by Crippen LogP contribution is 2.23. The summed E-state index contributed by atoms with van der Waals surface area (Å²) < 4.78 is 4.91. The number of nitrogens with one attached hydrogen (secondary N) is 1. The second-order valence-corrected chi connectivity index (χ2v) is 4.26. The summed E-state index contributed by atoms with van der Waals surface area (Å²) in [5.41, 5.74) is 0.801. The van der Waals surface area contributed by atoms with Crippen molar-refractivity contribution in [2.24, 2.45) is 0 Å². The number of esters is 1. The van der Waals surface area contributed by atoms with Gasteiger partial charge in [0, 0.05) is 16.8 Å². The van der Waals surface area contributed by atoms with Crippen molar-refractivity contribution in [2.45, 2.75) is 6.92 Å². The number of hydrogen-bond donors (Lipinski definition) is 1. The predicted octanol–water partition coefficient (Wildman–Crippen LogP) is 2.87. The lowest BCUT2D eigenvalue weighted by Crippen LogP contribution is -2.20. The van der Waals surface area contributed by atoms with Crippen LogP contribution in [0.1, 0.15) is 17.3 Å². The predicted molar refractivity (Wildman–Crippen MR) is 73.5 cm³/mol. The molecule has 0 spiro atoms. The van der Waals surface area contributed by atoms with Gasteiger partial charge in [-0.2, -0.15) is 0 Å². The summed E-state index contributed by atoms with van der Waals surface area (Å²) in [6, 6.07) is 8.57. The lowest BCUT2D eigenvalue weighted by Gasteiger charge is -2.08. The highest BCUT2D eigenvalue weighted by Gasteiger charge is 2.17. The molecule has 2 rings (SSSR count). The summed E-state index contributed by atoms with van der Waals surface area (Å²) in [6.07, 6.45) is 1.50. The van der Waals surface area contributed by atoms with Crippen molar-refractivity contribution in [2.75, 3.05) is 6.61 Å². The number of carbonyl (C=O) groups is 1. The summed E-state index contributed by atoms with van der Waals surface area (Å²) in [6.45, 7) is 1.91. The molecule has 0 aliphatic heterocycles. The molecule has 0 fully saturated rings. The number of H-pyrrole nitrogens is 1. The first kappa shape index (κ1) is 13.4. The zero-order valence-electron chi connectivity index (χ0n) is 10.3. The van der Waals surface area contributed by atoms with E-state index in [4.69, 9.17) is 16.3 Å². The van der Waals surface area contributed by atoms with E-state index in [1.54, 1.807) is 37.3 Å². The molecule has 0 aliphatic rings.